The summed E-state index contributed by atoms with van der Waals surface area (Å²) in [5.41, 5.74) is 4.30. The Bertz CT molecular complexity index is 343. The van der Waals surface area contributed by atoms with Crippen LogP contribution in [0.5, 0.6) is 0 Å². The van der Waals surface area contributed by atoms with E-state index in [0.717, 1.165) is 5.92 Å². The highest BCUT2D eigenvalue weighted by molar-refractivity contribution is 5.57. The molecule has 0 saturated carbocycles. The highest BCUT2D eigenvalue weighted by atomic mass is 15.1. The predicted molar refractivity (Wildman–Crippen MR) is 61.9 cm³/mol. The molecule has 2 atom stereocenters. The Morgan fingerprint density at radius 1 is 1.29 bits per heavy atom. The first-order valence-electron chi connectivity index (χ1n) is 5.42. The van der Waals surface area contributed by atoms with Crippen LogP contribution in [0.25, 0.3) is 0 Å². The predicted octanol–water partition coefficient (Wildman–Crippen LogP) is 3.01. The molecule has 0 fully saturated rings. The molecule has 0 spiro atoms. The lowest BCUT2D eigenvalue weighted by Gasteiger charge is -2.38. The van der Waals surface area contributed by atoms with Crippen molar-refractivity contribution >= 4 is 5.69 Å². The molecule has 0 aliphatic carbocycles. The average Bonchev–Trinajstić information content (AvgIpc) is 2.14. The maximum absolute atomic E-state index is 2.41. The summed E-state index contributed by atoms with van der Waals surface area (Å²) in [6.07, 6.45) is 1.22. The van der Waals surface area contributed by atoms with Crippen molar-refractivity contribution in [1.82, 2.24) is 0 Å². The van der Waals surface area contributed by atoms with Gasteiger partial charge in [0.05, 0.1) is 0 Å². The standard InChI is InChI=1S/C13H19N/c1-9-5-6-13-12(7-9)8-10(2)11(3)14(13)4/h5-7,10-11H,8H2,1-4H3/t10-,11+/m1/s1. The van der Waals surface area contributed by atoms with Gasteiger partial charge >= 0.3 is 0 Å². The van der Waals surface area contributed by atoms with Crippen molar-refractivity contribution in [3.8, 4) is 0 Å². The van der Waals surface area contributed by atoms with E-state index in [1.54, 1.807) is 0 Å². The van der Waals surface area contributed by atoms with Crippen molar-refractivity contribution in [2.75, 3.05) is 11.9 Å². The molecule has 1 heterocycles. The Labute approximate surface area is 86.7 Å². The second kappa shape index (κ2) is 3.30. The number of benzene rings is 1. The second-order valence-corrected chi connectivity index (χ2v) is 4.67. The minimum Gasteiger partial charge on any atom is -0.371 e. The molecule has 0 amide bonds. The third-order valence-corrected chi connectivity index (χ3v) is 3.59. The van der Waals surface area contributed by atoms with E-state index in [0.29, 0.717) is 6.04 Å². The van der Waals surface area contributed by atoms with Gasteiger partial charge in [0, 0.05) is 18.8 Å². The Kier molecular flexibility index (Phi) is 2.26. The van der Waals surface area contributed by atoms with E-state index in [1.807, 2.05) is 0 Å². The van der Waals surface area contributed by atoms with Gasteiger partial charge in [-0.2, -0.15) is 0 Å². The van der Waals surface area contributed by atoms with Gasteiger partial charge in [-0.3, -0.25) is 0 Å². The molecule has 1 nitrogen and oxygen atoms in total. The van der Waals surface area contributed by atoms with Crippen molar-refractivity contribution in [2.24, 2.45) is 5.92 Å². The van der Waals surface area contributed by atoms with Gasteiger partial charge in [0.15, 0.2) is 0 Å². The lowest BCUT2D eigenvalue weighted by molar-refractivity contribution is 0.443. The smallest absolute Gasteiger partial charge is 0.0398 e. The molecule has 1 aliphatic rings. The lowest BCUT2D eigenvalue weighted by Crippen LogP contribution is -2.39. The molecular weight excluding hydrogens is 170 g/mol. The summed E-state index contributed by atoms with van der Waals surface area (Å²) in [5, 5.41) is 0. The van der Waals surface area contributed by atoms with Crippen molar-refractivity contribution in [3.63, 3.8) is 0 Å². The molecule has 76 valence electrons. The number of hydrogen-bond donors (Lipinski definition) is 0. The molecule has 1 aliphatic heterocycles. The van der Waals surface area contributed by atoms with E-state index in [4.69, 9.17) is 0 Å². The maximum atomic E-state index is 2.41. The number of hydrogen-bond acceptors (Lipinski definition) is 1. The van der Waals surface area contributed by atoms with Crippen LogP contribution in [0.2, 0.25) is 0 Å². The normalized spacial score (nSPS) is 26.1. The third-order valence-electron chi connectivity index (χ3n) is 3.59. The van der Waals surface area contributed by atoms with Crippen LogP contribution >= 0.6 is 0 Å². The Morgan fingerprint density at radius 3 is 2.71 bits per heavy atom. The van der Waals surface area contributed by atoms with Crippen LogP contribution in [0.15, 0.2) is 18.2 Å². The van der Waals surface area contributed by atoms with Crippen LogP contribution in [-0.4, -0.2) is 13.1 Å². The summed E-state index contributed by atoms with van der Waals surface area (Å²) in [5.74, 6) is 0.759. The summed E-state index contributed by atoms with van der Waals surface area (Å²) >= 11 is 0. The van der Waals surface area contributed by atoms with E-state index in [1.165, 1.54) is 23.2 Å². The van der Waals surface area contributed by atoms with Gasteiger partial charge in [-0.15, -0.1) is 0 Å². The van der Waals surface area contributed by atoms with Gasteiger partial charge < -0.3 is 4.90 Å². The summed E-state index contributed by atoms with van der Waals surface area (Å²) in [6.45, 7) is 6.82. The van der Waals surface area contributed by atoms with E-state index in [2.05, 4.69) is 50.9 Å². The SMILES string of the molecule is Cc1ccc2c(c1)C[C@@H](C)[C@H](C)N2C. The molecule has 0 saturated heterocycles. The molecule has 14 heavy (non-hydrogen) atoms. The summed E-state index contributed by atoms with van der Waals surface area (Å²) in [4.78, 5) is 2.41. The third kappa shape index (κ3) is 1.41. The Morgan fingerprint density at radius 2 is 2.00 bits per heavy atom. The molecular formula is C13H19N. The minimum absolute atomic E-state index is 0.658. The van der Waals surface area contributed by atoms with Crippen LogP contribution in [-0.2, 0) is 6.42 Å². The molecule has 2 rings (SSSR count). The number of aryl methyl sites for hydroxylation is 1. The Hall–Kier alpha value is -0.980. The highest BCUT2D eigenvalue weighted by Gasteiger charge is 2.25. The van der Waals surface area contributed by atoms with Crippen LogP contribution in [0, 0.1) is 12.8 Å². The number of nitrogens with zero attached hydrogens (tertiary/aromatic N) is 1. The van der Waals surface area contributed by atoms with Gasteiger partial charge in [-0.25, -0.2) is 0 Å². The number of fused-ring (bicyclic) bond motifs is 1. The van der Waals surface area contributed by atoms with Crippen molar-refractivity contribution in [3.05, 3.63) is 29.3 Å². The largest absolute Gasteiger partial charge is 0.371 e. The second-order valence-electron chi connectivity index (χ2n) is 4.67. The van der Waals surface area contributed by atoms with Crippen LogP contribution in [0.1, 0.15) is 25.0 Å². The topological polar surface area (TPSA) is 3.24 Å². The molecule has 0 aromatic heterocycles. The van der Waals surface area contributed by atoms with Gasteiger partial charge in [-0.1, -0.05) is 24.6 Å². The van der Waals surface area contributed by atoms with Crippen LogP contribution < -0.4 is 4.90 Å². The fraction of sp³-hybridized carbons (Fsp3) is 0.538. The molecule has 1 aromatic rings. The minimum atomic E-state index is 0.658. The fourth-order valence-corrected chi connectivity index (χ4v) is 2.34. The van der Waals surface area contributed by atoms with Crippen molar-refractivity contribution in [1.29, 1.82) is 0 Å². The average molecular weight is 189 g/mol. The van der Waals surface area contributed by atoms with E-state index in [-0.39, 0.29) is 0 Å². The zero-order chi connectivity index (χ0) is 10.3. The van der Waals surface area contributed by atoms with Gasteiger partial charge in [0.1, 0.15) is 0 Å². The van der Waals surface area contributed by atoms with E-state index < -0.39 is 0 Å². The number of rotatable bonds is 0. The van der Waals surface area contributed by atoms with Gasteiger partial charge in [0.2, 0.25) is 0 Å². The van der Waals surface area contributed by atoms with E-state index in [9.17, 15) is 0 Å². The summed E-state index contributed by atoms with van der Waals surface area (Å²) < 4.78 is 0. The van der Waals surface area contributed by atoms with Crippen LogP contribution in [0.3, 0.4) is 0 Å². The first-order valence-corrected chi connectivity index (χ1v) is 5.42. The lowest BCUT2D eigenvalue weighted by atomic mass is 9.87. The molecule has 0 bridgehead atoms. The first kappa shape index (κ1) is 9.57. The highest BCUT2D eigenvalue weighted by Crippen LogP contribution is 2.32. The molecule has 0 unspecified atom stereocenters. The summed E-state index contributed by atoms with van der Waals surface area (Å²) in [6, 6.07) is 7.45. The first-order chi connectivity index (χ1) is 6.59. The maximum Gasteiger partial charge on any atom is 0.0398 e. The Balaban J connectivity index is 2.45. The quantitative estimate of drug-likeness (QED) is 0.606. The van der Waals surface area contributed by atoms with Crippen LogP contribution in [0.4, 0.5) is 5.69 Å². The zero-order valence-corrected chi connectivity index (χ0v) is 9.54. The fourth-order valence-electron chi connectivity index (χ4n) is 2.34. The summed E-state index contributed by atoms with van der Waals surface area (Å²) in [7, 11) is 2.20. The van der Waals surface area contributed by atoms with Crippen molar-refractivity contribution in [2.45, 2.75) is 33.2 Å². The number of anilines is 1. The van der Waals surface area contributed by atoms with Crippen molar-refractivity contribution < 1.29 is 0 Å². The zero-order valence-electron chi connectivity index (χ0n) is 9.54. The molecule has 0 N–H and O–H groups in total. The molecule has 1 heteroatoms. The molecule has 0 radical (unpaired) electrons. The van der Waals surface area contributed by atoms with Gasteiger partial charge in [0.25, 0.3) is 0 Å². The van der Waals surface area contributed by atoms with Gasteiger partial charge in [-0.05, 0) is 37.8 Å². The molecule has 1 aromatic carbocycles. The monoisotopic (exact) mass is 189 g/mol. The van der Waals surface area contributed by atoms with E-state index >= 15 is 0 Å².